The number of carbonyl (C=O) groups is 2. The van der Waals surface area contributed by atoms with Gasteiger partial charge in [0.25, 0.3) is 0 Å². The average molecular weight is 329 g/mol. The monoisotopic (exact) mass is 328 g/mol. The zero-order chi connectivity index (χ0) is 16.3. The van der Waals surface area contributed by atoms with Crippen LogP contribution in [0, 0.1) is 0 Å². The van der Waals surface area contributed by atoms with Crippen LogP contribution in [0.25, 0.3) is 0 Å². The molecule has 21 heavy (non-hydrogen) atoms. The van der Waals surface area contributed by atoms with Crippen molar-refractivity contribution in [1.29, 1.82) is 0 Å². The smallest absolute Gasteiger partial charge is 0.327 e. The minimum Gasteiger partial charge on any atom is -0.480 e. The second-order valence-corrected chi connectivity index (χ2v) is 12.0. The van der Waals surface area contributed by atoms with Crippen LogP contribution in [0.3, 0.4) is 0 Å². The number of benzene rings is 1. The molecule has 0 heterocycles. The molecule has 116 valence electrons. The number of carboxylic acid groups (broad SMARTS) is 1. The summed E-state index contributed by atoms with van der Waals surface area (Å²) >= 11 is 6.17. The van der Waals surface area contributed by atoms with E-state index in [4.69, 9.17) is 16.3 Å². The molecule has 0 radical (unpaired) electrons. The molecule has 1 N–H and O–H groups in total. The first kappa shape index (κ1) is 17.7. The Hall–Kier alpha value is -1.33. The number of rotatable bonds is 6. The van der Waals surface area contributed by atoms with E-state index < -0.39 is 25.4 Å². The van der Waals surface area contributed by atoms with Crippen molar-refractivity contribution < 1.29 is 19.4 Å². The first-order chi connectivity index (χ1) is 9.65. The van der Waals surface area contributed by atoms with Gasteiger partial charge in [-0.15, -0.1) is 0 Å². The fraction of sp³-hybridized carbons (Fsp3) is 0.467. The lowest BCUT2D eigenvalue weighted by Gasteiger charge is -2.33. The number of carbonyl (C=O) groups excluding carboxylic acids is 1. The van der Waals surface area contributed by atoms with Gasteiger partial charge in [0.1, 0.15) is 0 Å². The summed E-state index contributed by atoms with van der Waals surface area (Å²) in [6.07, 6.45) is 0. The highest BCUT2D eigenvalue weighted by molar-refractivity contribution is 6.77. The van der Waals surface area contributed by atoms with Gasteiger partial charge >= 0.3 is 11.9 Å². The lowest BCUT2D eigenvalue weighted by molar-refractivity contribution is -0.160. The fourth-order valence-corrected chi connectivity index (χ4v) is 4.79. The molecule has 6 heteroatoms. The second kappa shape index (κ2) is 6.62. The molecule has 4 nitrogen and oxygen atoms in total. The van der Waals surface area contributed by atoms with Gasteiger partial charge in [-0.1, -0.05) is 49.4 Å². The van der Waals surface area contributed by atoms with Crippen LogP contribution in [0.5, 0.6) is 0 Å². The molecule has 0 spiro atoms. The van der Waals surface area contributed by atoms with Gasteiger partial charge in [0.15, 0.2) is 5.41 Å². The van der Waals surface area contributed by atoms with Gasteiger partial charge in [-0.25, -0.2) is 0 Å². The van der Waals surface area contributed by atoms with E-state index in [1.54, 1.807) is 31.2 Å². The molecule has 0 aliphatic heterocycles. The number of hydrogen-bond acceptors (Lipinski definition) is 3. The summed E-state index contributed by atoms with van der Waals surface area (Å²) in [5.41, 5.74) is -1.43. The maximum atomic E-state index is 12.5. The number of carboxylic acids is 1. The van der Waals surface area contributed by atoms with Crippen molar-refractivity contribution in [3.05, 3.63) is 34.9 Å². The summed E-state index contributed by atoms with van der Waals surface area (Å²) < 4.78 is 5.07. The van der Waals surface area contributed by atoms with Crippen LogP contribution >= 0.6 is 11.6 Å². The van der Waals surface area contributed by atoms with Crippen LogP contribution in [0.15, 0.2) is 24.3 Å². The Morgan fingerprint density at radius 2 is 1.86 bits per heavy atom. The summed E-state index contributed by atoms with van der Waals surface area (Å²) in [4.78, 5) is 24.5. The van der Waals surface area contributed by atoms with Crippen LogP contribution in [-0.4, -0.2) is 31.7 Å². The Kier molecular flexibility index (Phi) is 5.59. The third-order valence-electron chi connectivity index (χ3n) is 3.12. The van der Waals surface area contributed by atoms with Gasteiger partial charge in [-0.3, -0.25) is 9.59 Å². The normalized spacial score (nSPS) is 14.3. The Bertz CT molecular complexity index is 539. The van der Waals surface area contributed by atoms with Crippen LogP contribution in [-0.2, 0) is 19.7 Å². The van der Waals surface area contributed by atoms with Crippen molar-refractivity contribution in [1.82, 2.24) is 0 Å². The van der Waals surface area contributed by atoms with E-state index in [1.807, 2.05) is 19.6 Å². The summed E-state index contributed by atoms with van der Waals surface area (Å²) in [6, 6.07) is 6.81. The van der Waals surface area contributed by atoms with E-state index in [2.05, 4.69) is 0 Å². The van der Waals surface area contributed by atoms with E-state index in [0.717, 1.165) is 0 Å². The number of esters is 1. The third-order valence-corrected chi connectivity index (χ3v) is 5.04. The van der Waals surface area contributed by atoms with Crippen molar-refractivity contribution in [3.63, 3.8) is 0 Å². The van der Waals surface area contributed by atoms with E-state index >= 15 is 0 Å². The van der Waals surface area contributed by atoms with E-state index in [-0.39, 0.29) is 17.7 Å². The average Bonchev–Trinajstić information content (AvgIpc) is 2.35. The summed E-state index contributed by atoms with van der Waals surface area (Å²) in [7, 11) is -1.89. The van der Waals surface area contributed by atoms with Gasteiger partial charge < -0.3 is 9.84 Å². The van der Waals surface area contributed by atoms with E-state index in [0.29, 0.717) is 5.56 Å². The van der Waals surface area contributed by atoms with E-state index in [9.17, 15) is 14.7 Å². The Balaban J connectivity index is 3.56. The molecular weight excluding hydrogens is 308 g/mol. The second-order valence-electron chi connectivity index (χ2n) is 6.15. The standard InChI is InChI=1S/C15H21ClO4Si/c1-5-20-14(19)15(13(17)18,10-21(2,3)4)11-8-6-7-9-12(11)16/h6-9H,5,10H2,1-4H3,(H,17,18). The number of hydrogen-bond donors (Lipinski definition) is 1. The highest BCUT2D eigenvalue weighted by Crippen LogP contribution is 2.39. The molecule has 0 aliphatic rings. The number of ether oxygens (including phenoxy) is 1. The van der Waals surface area contributed by atoms with Crippen LogP contribution in [0.2, 0.25) is 30.7 Å². The van der Waals surface area contributed by atoms with Crippen LogP contribution < -0.4 is 0 Å². The molecule has 0 fully saturated rings. The van der Waals surface area contributed by atoms with Crippen LogP contribution in [0.1, 0.15) is 12.5 Å². The zero-order valence-corrected chi connectivity index (χ0v) is 14.5. The number of aliphatic carboxylic acids is 1. The summed E-state index contributed by atoms with van der Waals surface area (Å²) in [6.45, 7) is 7.83. The maximum absolute atomic E-state index is 12.5. The molecule has 1 rings (SSSR count). The topological polar surface area (TPSA) is 63.6 Å². The minimum atomic E-state index is -1.89. The lowest BCUT2D eigenvalue weighted by atomic mass is 9.82. The van der Waals surface area contributed by atoms with Gasteiger partial charge in [0, 0.05) is 13.1 Å². The fourth-order valence-electron chi connectivity index (χ4n) is 2.41. The molecule has 1 atom stereocenters. The third kappa shape index (κ3) is 3.86. The van der Waals surface area contributed by atoms with Crippen molar-refractivity contribution in [2.45, 2.75) is 38.0 Å². The van der Waals surface area contributed by atoms with Crippen molar-refractivity contribution in [2.24, 2.45) is 0 Å². The van der Waals surface area contributed by atoms with Crippen LogP contribution in [0.4, 0.5) is 0 Å². The lowest BCUT2D eigenvalue weighted by Crippen LogP contribution is -2.49. The Morgan fingerprint density at radius 3 is 2.29 bits per heavy atom. The SMILES string of the molecule is CCOC(=O)C(C[Si](C)(C)C)(C(=O)O)c1ccccc1Cl. The zero-order valence-electron chi connectivity index (χ0n) is 12.8. The number of halogens is 1. The molecule has 0 aromatic heterocycles. The van der Waals surface area contributed by atoms with Crippen molar-refractivity contribution in [2.75, 3.05) is 6.61 Å². The molecule has 1 aromatic carbocycles. The summed E-state index contributed by atoms with van der Waals surface area (Å²) in [5, 5.41) is 10.1. The first-order valence-corrected chi connectivity index (χ1v) is 10.9. The van der Waals surface area contributed by atoms with Gasteiger partial charge in [-0.05, 0) is 24.6 Å². The Labute approximate surface area is 131 Å². The predicted octanol–water partition coefficient (Wildman–Crippen LogP) is 3.56. The molecule has 1 unspecified atom stereocenters. The van der Waals surface area contributed by atoms with Gasteiger partial charge in [0.05, 0.1) is 6.61 Å². The molecule has 0 aliphatic carbocycles. The predicted molar refractivity (Wildman–Crippen MR) is 85.6 cm³/mol. The first-order valence-electron chi connectivity index (χ1n) is 6.81. The molecule has 0 saturated heterocycles. The summed E-state index contributed by atoms with van der Waals surface area (Å²) in [5.74, 6) is -1.95. The van der Waals surface area contributed by atoms with E-state index in [1.165, 1.54) is 0 Å². The molecule has 1 aromatic rings. The minimum absolute atomic E-state index is 0.129. The largest absolute Gasteiger partial charge is 0.480 e. The highest BCUT2D eigenvalue weighted by atomic mass is 35.5. The van der Waals surface area contributed by atoms with Gasteiger partial charge in [0.2, 0.25) is 0 Å². The van der Waals surface area contributed by atoms with Crippen molar-refractivity contribution in [3.8, 4) is 0 Å². The highest BCUT2D eigenvalue weighted by Gasteiger charge is 2.52. The molecule has 0 saturated carbocycles. The maximum Gasteiger partial charge on any atom is 0.327 e. The molecule has 0 amide bonds. The molecule has 0 bridgehead atoms. The Morgan fingerprint density at radius 1 is 1.29 bits per heavy atom. The van der Waals surface area contributed by atoms with Crippen molar-refractivity contribution >= 4 is 31.6 Å². The van der Waals surface area contributed by atoms with Gasteiger partial charge in [-0.2, -0.15) is 0 Å². The molecular formula is C15H21ClO4Si. The quantitative estimate of drug-likeness (QED) is 0.492.